The van der Waals surface area contributed by atoms with Gasteiger partial charge >= 0.3 is 0 Å². The molecule has 1 heterocycles. The number of nitrogens with zero attached hydrogens (tertiary/aromatic N) is 2. The van der Waals surface area contributed by atoms with Gasteiger partial charge in [0.25, 0.3) is 0 Å². The lowest BCUT2D eigenvalue weighted by molar-refractivity contribution is 0.360. The van der Waals surface area contributed by atoms with Crippen molar-refractivity contribution in [2.45, 2.75) is 6.42 Å². The minimum atomic E-state index is 0. The molecule has 0 amide bonds. The summed E-state index contributed by atoms with van der Waals surface area (Å²) in [7, 11) is 2.19. The Hall–Kier alpha value is -0.390. The second-order valence-electron chi connectivity index (χ2n) is 4.24. The number of halogens is 3. The van der Waals surface area contributed by atoms with Gasteiger partial charge in [0, 0.05) is 31.0 Å². The van der Waals surface area contributed by atoms with Crippen LogP contribution in [0.1, 0.15) is 6.42 Å². The van der Waals surface area contributed by atoms with Gasteiger partial charge < -0.3 is 21.0 Å². The fourth-order valence-corrected chi connectivity index (χ4v) is 1.99. The van der Waals surface area contributed by atoms with Gasteiger partial charge in [0.1, 0.15) is 0 Å². The van der Waals surface area contributed by atoms with Gasteiger partial charge in [0.15, 0.2) is 0 Å². The van der Waals surface area contributed by atoms with E-state index < -0.39 is 0 Å². The van der Waals surface area contributed by atoms with Gasteiger partial charge in [-0.15, -0.1) is 37.2 Å². The molecule has 4 N–H and O–H groups in total. The van der Waals surface area contributed by atoms with E-state index in [1.807, 2.05) is 12.1 Å². The van der Waals surface area contributed by atoms with E-state index in [1.165, 1.54) is 18.7 Å². The maximum Gasteiger partial charge on any atom is 0.0368 e. The smallest absolute Gasteiger partial charge is 0.0368 e. The fourth-order valence-electron chi connectivity index (χ4n) is 1.99. The SMILES string of the molecule is CN1CCCN(c2ccc(N)cc2)CC1.Cl.Cl.Cl.O. The van der Waals surface area contributed by atoms with Crippen LogP contribution in [0.2, 0.25) is 0 Å². The average molecular weight is 333 g/mol. The molecule has 7 heteroatoms. The molecule has 0 saturated carbocycles. The van der Waals surface area contributed by atoms with E-state index in [0.717, 1.165) is 25.3 Å². The Balaban J connectivity index is -0.000000640. The molecule has 1 aliphatic rings. The summed E-state index contributed by atoms with van der Waals surface area (Å²) in [4.78, 5) is 4.82. The number of nitrogen functional groups attached to an aromatic ring is 1. The third kappa shape index (κ3) is 7.09. The summed E-state index contributed by atoms with van der Waals surface area (Å²) in [5.41, 5.74) is 7.81. The lowest BCUT2D eigenvalue weighted by atomic mass is 10.2. The van der Waals surface area contributed by atoms with Gasteiger partial charge in [0.2, 0.25) is 0 Å². The highest BCUT2D eigenvalue weighted by Gasteiger charge is 2.11. The van der Waals surface area contributed by atoms with Crippen molar-refractivity contribution in [2.24, 2.45) is 0 Å². The molecule has 2 rings (SSSR count). The van der Waals surface area contributed by atoms with E-state index in [-0.39, 0.29) is 42.7 Å². The molecule has 0 aliphatic carbocycles. The molecule has 114 valence electrons. The first kappa shape index (κ1) is 23.7. The summed E-state index contributed by atoms with van der Waals surface area (Å²) < 4.78 is 0. The van der Waals surface area contributed by atoms with Gasteiger partial charge in [0.05, 0.1) is 0 Å². The van der Waals surface area contributed by atoms with Gasteiger partial charge in [-0.1, -0.05) is 0 Å². The number of anilines is 2. The predicted molar refractivity (Wildman–Crippen MR) is 90.5 cm³/mol. The van der Waals surface area contributed by atoms with Gasteiger partial charge in [-0.05, 0) is 44.3 Å². The summed E-state index contributed by atoms with van der Waals surface area (Å²) in [5.74, 6) is 0. The summed E-state index contributed by atoms with van der Waals surface area (Å²) in [6.45, 7) is 4.60. The van der Waals surface area contributed by atoms with Crippen LogP contribution >= 0.6 is 37.2 Å². The Morgan fingerprint density at radius 3 is 2.05 bits per heavy atom. The van der Waals surface area contributed by atoms with Crippen LogP contribution in [0.3, 0.4) is 0 Å². The Morgan fingerprint density at radius 1 is 0.895 bits per heavy atom. The van der Waals surface area contributed by atoms with E-state index in [1.54, 1.807) is 0 Å². The molecule has 0 spiro atoms. The van der Waals surface area contributed by atoms with E-state index >= 15 is 0 Å². The van der Waals surface area contributed by atoms with Crippen LogP contribution in [0.4, 0.5) is 11.4 Å². The second kappa shape index (κ2) is 11.4. The minimum Gasteiger partial charge on any atom is -0.412 e. The van der Waals surface area contributed by atoms with E-state index in [2.05, 4.69) is 29.0 Å². The zero-order valence-electron chi connectivity index (χ0n) is 11.0. The van der Waals surface area contributed by atoms with E-state index in [9.17, 15) is 0 Å². The van der Waals surface area contributed by atoms with Crippen molar-refractivity contribution >= 4 is 48.6 Å². The van der Waals surface area contributed by atoms with Crippen LogP contribution in [0.25, 0.3) is 0 Å². The molecule has 0 unspecified atom stereocenters. The van der Waals surface area contributed by atoms with Crippen LogP contribution in [0, 0.1) is 0 Å². The first-order chi connectivity index (χ1) is 7.25. The molecular formula is C12H24Cl3N3O. The molecular weight excluding hydrogens is 309 g/mol. The van der Waals surface area contributed by atoms with E-state index in [4.69, 9.17) is 5.73 Å². The quantitative estimate of drug-likeness (QED) is 0.798. The lowest BCUT2D eigenvalue weighted by Crippen LogP contribution is -2.28. The molecule has 1 saturated heterocycles. The Kier molecular flexibility index (Phi) is 14.3. The highest BCUT2D eigenvalue weighted by atomic mass is 35.5. The first-order valence-corrected chi connectivity index (χ1v) is 5.55. The highest BCUT2D eigenvalue weighted by Crippen LogP contribution is 2.17. The molecule has 4 nitrogen and oxygen atoms in total. The van der Waals surface area contributed by atoms with Gasteiger partial charge in [-0.3, -0.25) is 0 Å². The number of hydrogen-bond acceptors (Lipinski definition) is 3. The second-order valence-corrected chi connectivity index (χ2v) is 4.24. The van der Waals surface area contributed by atoms with Crippen molar-refractivity contribution in [1.82, 2.24) is 4.90 Å². The van der Waals surface area contributed by atoms with Crippen LogP contribution in [-0.4, -0.2) is 43.6 Å². The first-order valence-electron chi connectivity index (χ1n) is 5.55. The summed E-state index contributed by atoms with van der Waals surface area (Å²) in [5, 5.41) is 0. The van der Waals surface area contributed by atoms with Gasteiger partial charge in [-0.25, -0.2) is 0 Å². The minimum absolute atomic E-state index is 0. The number of hydrogen-bond donors (Lipinski definition) is 1. The molecule has 0 atom stereocenters. The highest BCUT2D eigenvalue weighted by molar-refractivity contribution is 5.86. The van der Waals surface area contributed by atoms with Crippen molar-refractivity contribution in [3.63, 3.8) is 0 Å². The van der Waals surface area contributed by atoms with Crippen molar-refractivity contribution < 1.29 is 5.48 Å². The number of rotatable bonds is 1. The lowest BCUT2D eigenvalue weighted by Gasteiger charge is -2.22. The number of nitrogens with two attached hydrogens (primary N) is 1. The van der Waals surface area contributed by atoms with Crippen LogP contribution in [-0.2, 0) is 0 Å². The summed E-state index contributed by atoms with van der Waals surface area (Å²) >= 11 is 0. The van der Waals surface area contributed by atoms with Crippen molar-refractivity contribution in [3.8, 4) is 0 Å². The molecule has 19 heavy (non-hydrogen) atoms. The number of benzene rings is 1. The zero-order valence-corrected chi connectivity index (χ0v) is 13.5. The topological polar surface area (TPSA) is 64.0 Å². The maximum absolute atomic E-state index is 5.68. The molecule has 1 aromatic rings. The van der Waals surface area contributed by atoms with Gasteiger partial charge in [-0.2, -0.15) is 0 Å². The normalized spacial score (nSPS) is 14.9. The van der Waals surface area contributed by atoms with Crippen molar-refractivity contribution in [1.29, 1.82) is 0 Å². The zero-order chi connectivity index (χ0) is 10.7. The third-order valence-electron chi connectivity index (χ3n) is 2.98. The summed E-state index contributed by atoms with van der Waals surface area (Å²) in [6, 6.07) is 8.18. The van der Waals surface area contributed by atoms with Crippen molar-refractivity contribution in [3.05, 3.63) is 24.3 Å². The summed E-state index contributed by atoms with van der Waals surface area (Å²) in [6.07, 6.45) is 1.24. The fraction of sp³-hybridized carbons (Fsp3) is 0.500. The monoisotopic (exact) mass is 331 g/mol. The van der Waals surface area contributed by atoms with E-state index in [0.29, 0.717) is 0 Å². The Bertz CT molecular complexity index is 325. The third-order valence-corrected chi connectivity index (χ3v) is 2.98. The molecule has 0 radical (unpaired) electrons. The Morgan fingerprint density at radius 2 is 1.47 bits per heavy atom. The molecule has 0 aromatic heterocycles. The van der Waals surface area contributed by atoms with Crippen LogP contribution in [0.5, 0.6) is 0 Å². The standard InChI is InChI=1S/C12H19N3.3ClH.H2O/c1-14-7-2-8-15(10-9-14)12-5-3-11(13)4-6-12;;;;/h3-6H,2,7-10,13H2,1H3;3*1H;1H2. The van der Waals surface area contributed by atoms with Crippen molar-refractivity contribution in [2.75, 3.05) is 43.9 Å². The molecule has 1 aromatic carbocycles. The molecule has 1 fully saturated rings. The number of likely N-dealkylation sites (N-methyl/N-ethyl adjacent to an activating group) is 1. The Labute approximate surface area is 133 Å². The van der Waals surface area contributed by atoms with Crippen LogP contribution in [0.15, 0.2) is 24.3 Å². The largest absolute Gasteiger partial charge is 0.412 e. The van der Waals surface area contributed by atoms with Crippen LogP contribution < -0.4 is 10.6 Å². The average Bonchev–Trinajstić information content (AvgIpc) is 2.44. The predicted octanol–water partition coefficient (Wildman–Crippen LogP) is 1.85. The molecule has 0 bridgehead atoms. The molecule has 1 aliphatic heterocycles. The maximum atomic E-state index is 5.68.